The number of amides is 1. The Morgan fingerprint density at radius 3 is 2.62 bits per heavy atom. The number of thiocarbonyl (C=S) groups is 1. The highest BCUT2D eigenvalue weighted by Gasteiger charge is 2.32. The number of benzene rings is 2. The van der Waals surface area contributed by atoms with Crippen molar-refractivity contribution in [3.63, 3.8) is 0 Å². The van der Waals surface area contributed by atoms with Crippen LogP contribution in [0.5, 0.6) is 5.75 Å². The van der Waals surface area contributed by atoms with Gasteiger partial charge in [-0.2, -0.15) is 5.26 Å². The van der Waals surface area contributed by atoms with Crippen molar-refractivity contribution >= 4 is 46.8 Å². The van der Waals surface area contributed by atoms with Crippen molar-refractivity contribution in [1.82, 2.24) is 10.3 Å². The average Bonchev–Trinajstić information content (AvgIpc) is 3.15. The number of alkyl halides is 2. The van der Waals surface area contributed by atoms with Crippen molar-refractivity contribution in [1.29, 1.82) is 5.26 Å². The third-order valence-corrected chi connectivity index (χ3v) is 6.79. The summed E-state index contributed by atoms with van der Waals surface area (Å²) in [4.78, 5) is 18.3. The van der Waals surface area contributed by atoms with Crippen molar-refractivity contribution in [2.24, 2.45) is 0 Å². The first-order valence-electron chi connectivity index (χ1n) is 10.8. The smallest absolute Gasteiger partial charge is 0.281 e. The fourth-order valence-electron chi connectivity index (χ4n) is 3.69. The Hall–Kier alpha value is -3.88. The number of carbonyl (C=O) groups is 1. The van der Waals surface area contributed by atoms with Crippen LogP contribution in [-0.2, 0) is 10.5 Å². The van der Waals surface area contributed by atoms with Gasteiger partial charge in [0.2, 0.25) is 0 Å². The van der Waals surface area contributed by atoms with Crippen LogP contribution in [0.15, 0.2) is 59.3 Å². The highest BCUT2D eigenvalue weighted by Crippen LogP contribution is 2.33. The largest absolute Gasteiger partial charge is 0.496 e. The topological polar surface area (TPSA) is 78.2 Å². The quantitative estimate of drug-likeness (QED) is 0.227. The number of ether oxygens (including phenoxy) is 1. The van der Waals surface area contributed by atoms with Crippen LogP contribution in [0.3, 0.4) is 0 Å². The van der Waals surface area contributed by atoms with Crippen LogP contribution < -0.4 is 15.0 Å². The number of aryl methyl sites for hydroxylation is 1. The fraction of sp³-hybridized carbons (Fsp3) is 0.154. The number of nitrogens with zero attached hydrogens (tertiary/aromatic N) is 3. The lowest BCUT2D eigenvalue weighted by atomic mass is 10.1. The summed E-state index contributed by atoms with van der Waals surface area (Å²) < 4.78 is 45.3. The first-order chi connectivity index (χ1) is 17.7. The average molecular weight is 541 g/mol. The van der Waals surface area contributed by atoms with E-state index in [0.29, 0.717) is 28.1 Å². The summed E-state index contributed by atoms with van der Waals surface area (Å²) in [5.74, 6) is -0.00779. The van der Waals surface area contributed by atoms with E-state index in [1.807, 2.05) is 6.07 Å². The maximum absolute atomic E-state index is 13.3. The number of anilines is 1. The summed E-state index contributed by atoms with van der Waals surface area (Å²) in [5, 5.41) is 12.7. The van der Waals surface area contributed by atoms with Gasteiger partial charge in [-0.05, 0) is 78.8 Å². The molecule has 1 amide bonds. The molecular formula is C26H19F3N4O2S2. The second-order valence-electron chi connectivity index (χ2n) is 7.92. The van der Waals surface area contributed by atoms with E-state index < -0.39 is 23.8 Å². The van der Waals surface area contributed by atoms with Crippen molar-refractivity contribution in [3.8, 4) is 11.8 Å². The van der Waals surface area contributed by atoms with Crippen LogP contribution in [-0.4, -0.2) is 23.1 Å². The van der Waals surface area contributed by atoms with Gasteiger partial charge in [-0.1, -0.05) is 6.07 Å². The second-order valence-corrected chi connectivity index (χ2v) is 9.27. The van der Waals surface area contributed by atoms with E-state index in [9.17, 15) is 23.2 Å². The Morgan fingerprint density at radius 1 is 1.24 bits per heavy atom. The summed E-state index contributed by atoms with van der Waals surface area (Å²) >= 11 is 6.44. The molecule has 0 saturated carbocycles. The molecule has 3 aromatic rings. The zero-order valence-corrected chi connectivity index (χ0v) is 21.2. The molecule has 0 radical (unpaired) electrons. The minimum Gasteiger partial charge on any atom is -0.496 e. The number of pyridine rings is 1. The zero-order valence-electron chi connectivity index (χ0n) is 19.6. The Kier molecular flexibility index (Phi) is 7.80. The maximum Gasteiger partial charge on any atom is 0.281 e. The van der Waals surface area contributed by atoms with E-state index in [-0.39, 0.29) is 27.2 Å². The van der Waals surface area contributed by atoms with E-state index in [4.69, 9.17) is 17.0 Å². The standard InChI is InChI=1S/C26H19F3N4O2S2/c1-14-9-20(23(28)29)31-24(19(14)12-30)37-13-16-10-15(3-8-22(16)35-2)11-21-25(34)33(26(36)32-21)18-6-4-17(27)5-7-18/h3-11,23H,13H2,1-2H3,(H,32,36)/b21-11+. The molecule has 188 valence electrons. The molecule has 0 bridgehead atoms. The Balaban J connectivity index is 1.60. The van der Waals surface area contributed by atoms with Crippen molar-refractivity contribution < 1.29 is 22.7 Å². The van der Waals surface area contributed by atoms with Gasteiger partial charge in [0.25, 0.3) is 12.3 Å². The van der Waals surface area contributed by atoms with Gasteiger partial charge in [-0.3, -0.25) is 9.69 Å². The first kappa shape index (κ1) is 26.2. The molecule has 4 rings (SSSR count). The Morgan fingerprint density at radius 2 is 1.97 bits per heavy atom. The number of hydrogen-bond donors (Lipinski definition) is 1. The van der Waals surface area contributed by atoms with Gasteiger partial charge in [0.05, 0.1) is 18.4 Å². The third kappa shape index (κ3) is 5.60. The number of nitrogens with one attached hydrogen (secondary N) is 1. The monoisotopic (exact) mass is 540 g/mol. The predicted molar refractivity (Wildman–Crippen MR) is 139 cm³/mol. The second kappa shape index (κ2) is 11.0. The normalized spacial score (nSPS) is 14.3. The minimum absolute atomic E-state index is 0.163. The van der Waals surface area contributed by atoms with Gasteiger partial charge >= 0.3 is 0 Å². The number of hydrogen-bond acceptors (Lipinski definition) is 6. The van der Waals surface area contributed by atoms with Crippen molar-refractivity contribution in [2.45, 2.75) is 24.1 Å². The van der Waals surface area contributed by atoms with Crippen molar-refractivity contribution in [3.05, 3.63) is 88.0 Å². The van der Waals surface area contributed by atoms with E-state index in [0.717, 1.165) is 11.8 Å². The number of methoxy groups -OCH3 is 1. The molecule has 6 nitrogen and oxygen atoms in total. The van der Waals surface area contributed by atoms with Gasteiger partial charge < -0.3 is 10.1 Å². The van der Waals surface area contributed by atoms with E-state index in [1.165, 1.54) is 42.3 Å². The SMILES string of the molecule is COc1ccc(/C=C2/NC(=S)N(c3ccc(F)cc3)C2=O)cc1CSc1nc(C(F)F)cc(C)c1C#N. The van der Waals surface area contributed by atoms with E-state index in [1.54, 1.807) is 31.2 Å². The highest BCUT2D eigenvalue weighted by atomic mass is 32.2. The number of carbonyl (C=O) groups excluding carboxylic acids is 1. The molecule has 2 aromatic carbocycles. The molecule has 1 aliphatic rings. The minimum atomic E-state index is -2.76. The molecule has 0 spiro atoms. The Labute approximate surface area is 220 Å². The van der Waals surface area contributed by atoms with Gasteiger partial charge in [0.1, 0.15) is 34.1 Å². The lowest BCUT2D eigenvalue weighted by Gasteiger charge is -2.13. The summed E-state index contributed by atoms with van der Waals surface area (Å²) in [6, 6.07) is 13.9. The lowest BCUT2D eigenvalue weighted by molar-refractivity contribution is -0.113. The fourth-order valence-corrected chi connectivity index (χ4v) is 5.03. The predicted octanol–water partition coefficient (Wildman–Crippen LogP) is 5.90. The highest BCUT2D eigenvalue weighted by molar-refractivity contribution is 7.98. The number of aromatic nitrogens is 1. The van der Waals surface area contributed by atoms with Crippen LogP contribution >= 0.6 is 24.0 Å². The number of rotatable bonds is 7. The van der Waals surface area contributed by atoms with Gasteiger partial charge in [-0.25, -0.2) is 18.2 Å². The number of halogens is 3. The molecule has 37 heavy (non-hydrogen) atoms. The van der Waals surface area contributed by atoms with Crippen LogP contribution in [0, 0.1) is 24.1 Å². The maximum atomic E-state index is 13.3. The van der Waals surface area contributed by atoms with E-state index >= 15 is 0 Å². The first-order valence-corrected chi connectivity index (χ1v) is 12.2. The van der Waals surface area contributed by atoms with Crippen LogP contribution in [0.1, 0.15) is 34.4 Å². The molecule has 1 aromatic heterocycles. The molecule has 0 unspecified atom stereocenters. The Bertz CT molecular complexity index is 1450. The van der Waals surface area contributed by atoms with Crippen LogP contribution in [0.4, 0.5) is 18.9 Å². The molecule has 1 fully saturated rings. The molecule has 1 aliphatic heterocycles. The molecule has 0 atom stereocenters. The van der Waals surface area contributed by atoms with Crippen LogP contribution in [0.2, 0.25) is 0 Å². The van der Waals surface area contributed by atoms with E-state index in [2.05, 4.69) is 10.3 Å². The molecular weight excluding hydrogens is 521 g/mol. The molecule has 11 heteroatoms. The number of nitriles is 1. The summed E-state index contributed by atoms with van der Waals surface area (Å²) in [7, 11) is 1.50. The van der Waals surface area contributed by atoms with Gasteiger partial charge in [0, 0.05) is 11.3 Å². The molecule has 0 aliphatic carbocycles. The zero-order chi connectivity index (χ0) is 26.7. The van der Waals surface area contributed by atoms with Gasteiger partial charge in [0.15, 0.2) is 5.11 Å². The summed E-state index contributed by atoms with van der Waals surface area (Å²) in [5.41, 5.74) is 2.29. The molecule has 1 saturated heterocycles. The third-order valence-electron chi connectivity index (χ3n) is 5.48. The number of thioether (sulfide) groups is 1. The van der Waals surface area contributed by atoms with Gasteiger partial charge in [-0.15, -0.1) is 11.8 Å². The van der Waals surface area contributed by atoms with Crippen LogP contribution in [0.25, 0.3) is 6.08 Å². The van der Waals surface area contributed by atoms with Crippen molar-refractivity contribution in [2.75, 3.05) is 12.0 Å². The summed E-state index contributed by atoms with van der Waals surface area (Å²) in [6.45, 7) is 1.59. The molecule has 1 N–H and O–H groups in total. The lowest BCUT2D eigenvalue weighted by Crippen LogP contribution is -2.30. The summed E-state index contributed by atoms with van der Waals surface area (Å²) in [6.07, 6.45) is -1.14. The molecule has 2 heterocycles.